The van der Waals surface area contributed by atoms with Gasteiger partial charge in [0.15, 0.2) is 0 Å². The van der Waals surface area contributed by atoms with Crippen LogP contribution in [-0.2, 0) is 6.42 Å². The highest BCUT2D eigenvalue weighted by Crippen LogP contribution is 2.39. The van der Waals surface area contributed by atoms with Crippen molar-refractivity contribution in [1.82, 2.24) is 4.98 Å². The van der Waals surface area contributed by atoms with Gasteiger partial charge in [0.25, 0.3) is 0 Å². The molecular weight excluding hydrogens is 206 g/mol. The SMILES string of the molecule is CC1(C(O)Cc2nccs2)CCCCC1. The largest absolute Gasteiger partial charge is 0.392 e. The highest BCUT2D eigenvalue weighted by atomic mass is 32.1. The fourth-order valence-electron chi connectivity index (χ4n) is 2.46. The van der Waals surface area contributed by atoms with Gasteiger partial charge in [0.2, 0.25) is 0 Å². The van der Waals surface area contributed by atoms with E-state index in [1.807, 2.05) is 11.6 Å². The summed E-state index contributed by atoms with van der Waals surface area (Å²) < 4.78 is 0. The van der Waals surface area contributed by atoms with Crippen molar-refractivity contribution in [2.45, 2.75) is 51.6 Å². The minimum atomic E-state index is -0.219. The van der Waals surface area contributed by atoms with Crippen LogP contribution in [0.2, 0.25) is 0 Å². The molecule has 1 aliphatic carbocycles. The zero-order valence-electron chi connectivity index (χ0n) is 9.28. The third-order valence-electron chi connectivity index (χ3n) is 3.65. The third kappa shape index (κ3) is 2.58. The molecule has 84 valence electrons. The van der Waals surface area contributed by atoms with Gasteiger partial charge in [-0.3, -0.25) is 0 Å². The number of rotatable bonds is 3. The highest BCUT2D eigenvalue weighted by molar-refractivity contribution is 7.09. The van der Waals surface area contributed by atoms with Gasteiger partial charge in [-0.05, 0) is 18.3 Å². The summed E-state index contributed by atoms with van der Waals surface area (Å²) in [6.45, 7) is 2.23. The predicted molar refractivity (Wildman–Crippen MR) is 63.0 cm³/mol. The second-order valence-corrected chi connectivity index (χ2v) is 5.84. The molecule has 1 aromatic heterocycles. The van der Waals surface area contributed by atoms with Crippen LogP contribution < -0.4 is 0 Å². The molecule has 1 atom stereocenters. The lowest BCUT2D eigenvalue weighted by Crippen LogP contribution is -2.35. The topological polar surface area (TPSA) is 33.1 Å². The minimum absolute atomic E-state index is 0.129. The molecule has 0 amide bonds. The average Bonchev–Trinajstić information content (AvgIpc) is 2.71. The Kier molecular flexibility index (Phi) is 3.42. The first-order valence-corrected chi connectivity index (χ1v) is 6.65. The lowest BCUT2D eigenvalue weighted by molar-refractivity contribution is 0.0104. The number of nitrogens with zero attached hydrogens (tertiary/aromatic N) is 1. The maximum absolute atomic E-state index is 10.3. The van der Waals surface area contributed by atoms with Gasteiger partial charge >= 0.3 is 0 Å². The van der Waals surface area contributed by atoms with Crippen molar-refractivity contribution in [2.75, 3.05) is 0 Å². The van der Waals surface area contributed by atoms with E-state index >= 15 is 0 Å². The van der Waals surface area contributed by atoms with E-state index in [-0.39, 0.29) is 11.5 Å². The van der Waals surface area contributed by atoms with E-state index < -0.39 is 0 Å². The summed E-state index contributed by atoms with van der Waals surface area (Å²) in [5.74, 6) is 0. The number of hydrogen-bond donors (Lipinski definition) is 1. The number of aromatic nitrogens is 1. The van der Waals surface area contributed by atoms with E-state index in [0.29, 0.717) is 0 Å². The first-order chi connectivity index (χ1) is 7.21. The van der Waals surface area contributed by atoms with Crippen LogP contribution in [0.4, 0.5) is 0 Å². The van der Waals surface area contributed by atoms with E-state index in [1.165, 1.54) is 32.1 Å². The van der Waals surface area contributed by atoms with Crippen molar-refractivity contribution in [2.24, 2.45) is 5.41 Å². The summed E-state index contributed by atoms with van der Waals surface area (Å²) in [5, 5.41) is 13.3. The summed E-state index contributed by atoms with van der Waals surface area (Å²) in [5.41, 5.74) is 0.129. The van der Waals surface area contributed by atoms with E-state index in [0.717, 1.165) is 11.4 Å². The normalized spacial score (nSPS) is 22.5. The average molecular weight is 225 g/mol. The van der Waals surface area contributed by atoms with Crippen LogP contribution in [-0.4, -0.2) is 16.2 Å². The molecule has 1 aromatic rings. The van der Waals surface area contributed by atoms with Crippen LogP contribution in [0, 0.1) is 5.41 Å². The van der Waals surface area contributed by atoms with Gasteiger partial charge in [0.1, 0.15) is 0 Å². The van der Waals surface area contributed by atoms with Crippen molar-refractivity contribution >= 4 is 11.3 Å². The summed E-state index contributed by atoms with van der Waals surface area (Å²) in [6.07, 6.45) is 8.53. The maximum atomic E-state index is 10.3. The van der Waals surface area contributed by atoms with Crippen LogP contribution >= 0.6 is 11.3 Å². The molecule has 1 fully saturated rings. The summed E-state index contributed by atoms with van der Waals surface area (Å²) >= 11 is 1.64. The lowest BCUT2D eigenvalue weighted by Gasteiger charge is -2.37. The zero-order valence-corrected chi connectivity index (χ0v) is 10.1. The Morgan fingerprint density at radius 2 is 2.20 bits per heavy atom. The first kappa shape index (κ1) is 11.1. The number of hydrogen-bond acceptors (Lipinski definition) is 3. The number of aliphatic hydroxyl groups excluding tert-OH is 1. The molecule has 0 bridgehead atoms. The lowest BCUT2D eigenvalue weighted by atomic mass is 9.71. The standard InChI is InChI=1S/C12H19NOS/c1-12(5-3-2-4-6-12)10(14)9-11-13-7-8-15-11/h7-8,10,14H,2-6,9H2,1H3. The van der Waals surface area contributed by atoms with Gasteiger partial charge in [-0.25, -0.2) is 4.98 Å². The maximum Gasteiger partial charge on any atom is 0.0950 e. The molecule has 0 radical (unpaired) electrons. The van der Waals surface area contributed by atoms with Crippen molar-refractivity contribution in [1.29, 1.82) is 0 Å². The Balaban J connectivity index is 1.97. The third-order valence-corrected chi connectivity index (χ3v) is 4.45. The van der Waals surface area contributed by atoms with Crippen LogP contribution in [0.15, 0.2) is 11.6 Å². The molecule has 1 saturated carbocycles. The number of thiazole rings is 1. The van der Waals surface area contributed by atoms with Gasteiger partial charge in [-0.2, -0.15) is 0 Å². The molecule has 0 spiro atoms. The summed E-state index contributed by atoms with van der Waals surface area (Å²) in [7, 11) is 0. The molecule has 1 N–H and O–H groups in total. The van der Waals surface area contributed by atoms with Crippen molar-refractivity contribution in [3.63, 3.8) is 0 Å². The fourth-order valence-corrected chi connectivity index (χ4v) is 3.11. The number of aliphatic hydroxyl groups is 1. The Bertz CT molecular complexity index is 291. The predicted octanol–water partition coefficient (Wildman–Crippen LogP) is 3.02. The fraction of sp³-hybridized carbons (Fsp3) is 0.750. The van der Waals surface area contributed by atoms with Gasteiger partial charge < -0.3 is 5.11 Å². The molecule has 0 aliphatic heterocycles. The second kappa shape index (κ2) is 4.62. The molecule has 1 unspecified atom stereocenters. The van der Waals surface area contributed by atoms with E-state index in [9.17, 15) is 5.11 Å². The summed E-state index contributed by atoms with van der Waals surface area (Å²) in [4.78, 5) is 4.24. The molecule has 0 aromatic carbocycles. The smallest absolute Gasteiger partial charge is 0.0950 e. The Labute approximate surface area is 95.4 Å². The highest BCUT2D eigenvalue weighted by Gasteiger charge is 2.34. The molecule has 3 heteroatoms. The van der Waals surface area contributed by atoms with Gasteiger partial charge in [-0.1, -0.05) is 26.2 Å². The van der Waals surface area contributed by atoms with E-state index in [1.54, 1.807) is 11.3 Å². The van der Waals surface area contributed by atoms with Crippen LogP contribution in [0.1, 0.15) is 44.0 Å². The molecule has 0 saturated heterocycles. The second-order valence-electron chi connectivity index (χ2n) is 4.86. The van der Waals surface area contributed by atoms with Crippen molar-refractivity contribution in [3.8, 4) is 0 Å². The van der Waals surface area contributed by atoms with Gasteiger partial charge in [0.05, 0.1) is 11.1 Å². The molecule has 2 rings (SSSR count). The van der Waals surface area contributed by atoms with E-state index in [4.69, 9.17) is 0 Å². The Morgan fingerprint density at radius 1 is 1.47 bits per heavy atom. The molecular formula is C12H19NOS. The Morgan fingerprint density at radius 3 is 2.80 bits per heavy atom. The monoisotopic (exact) mass is 225 g/mol. The summed E-state index contributed by atoms with van der Waals surface area (Å²) in [6, 6.07) is 0. The molecule has 1 aliphatic rings. The zero-order chi connectivity index (χ0) is 10.7. The van der Waals surface area contributed by atoms with Crippen LogP contribution in [0.3, 0.4) is 0 Å². The van der Waals surface area contributed by atoms with E-state index in [2.05, 4.69) is 11.9 Å². The quantitative estimate of drug-likeness (QED) is 0.857. The van der Waals surface area contributed by atoms with Crippen LogP contribution in [0.5, 0.6) is 0 Å². The van der Waals surface area contributed by atoms with Crippen LogP contribution in [0.25, 0.3) is 0 Å². The van der Waals surface area contributed by atoms with Crippen molar-refractivity contribution in [3.05, 3.63) is 16.6 Å². The molecule has 2 nitrogen and oxygen atoms in total. The van der Waals surface area contributed by atoms with Gasteiger partial charge in [-0.15, -0.1) is 11.3 Å². The minimum Gasteiger partial charge on any atom is -0.392 e. The molecule has 1 heterocycles. The molecule has 15 heavy (non-hydrogen) atoms. The first-order valence-electron chi connectivity index (χ1n) is 5.77. The Hall–Kier alpha value is -0.410. The van der Waals surface area contributed by atoms with Crippen molar-refractivity contribution < 1.29 is 5.11 Å². The van der Waals surface area contributed by atoms with Gasteiger partial charge in [0, 0.05) is 18.0 Å².